The number of ether oxygens (including phenoxy) is 1. The third-order valence-electron chi connectivity index (χ3n) is 3.81. The Kier molecular flexibility index (Phi) is 7.22. The topological polar surface area (TPSA) is 84.5 Å². The molecular weight excluding hydrogens is 316 g/mol. The maximum Gasteiger partial charge on any atom is 0.223 e. The van der Waals surface area contributed by atoms with Crippen LogP contribution in [-0.2, 0) is 0 Å². The summed E-state index contributed by atoms with van der Waals surface area (Å²) in [6, 6.07) is 9.96. The first kappa shape index (κ1) is 18.7. The zero-order valence-electron chi connectivity index (χ0n) is 14.9. The van der Waals surface area contributed by atoms with Crippen molar-refractivity contribution in [1.82, 2.24) is 9.97 Å². The summed E-state index contributed by atoms with van der Waals surface area (Å²) < 4.78 is 5.09. The summed E-state index contributed by atoms with van der Waals surface area (Å²) in [6.45, 7) is 3.92. The molecule has 6 heteroatoms. The van der Waals surface area contributed by atoms with Gasteiger partial charge < -0.3 is 20.5 Å². The van der Waals surface area contributed by atoms with Crippen LogP contribution in [-0.4, -0.2) is 41.9 Å². The van der Waals surface area contributed by atoms with E-state index in [0.717, 1.165) is 30.6 Å². The second kappa shape index (κ2) is 9.64. The molecule has 0 fully saturated rings. The highest BCUT2D eigenvalue weighted by atomic mass is 16.5. The fourth-order valence-corrected chi connectivity index (χ4v) is 2.47. The van der Waals surface area contributed by atoms with E-state index in [0.29, 0.717) is 18.1 Å². The zero-order chi connectivity index (χ0) is 18.1. The molecule has 2 aromatic rings. The molecule has 0 aliphatic rings. The van der Waals surface area contributed by atoms with Crippen LogP contribution in [0.1, 0.15) is 31.0 Å². The van der Waals surface area contributed by atoms with Gasteiger partial charge in [0, 0.05) is 24.8 Å². The average Bonchev–Trinajstić information content (AvgIpc) is 2.63. The molecule has 2 rings (SSSR count). The molecule has 1 aromatic heterocycles. The summed E-state index contributed by atoms with van der Waals surface area (Å²) in [7, 11) is 1.55. The van der Waals surface area contributed by atoms with E-state index in [9.17, 15) is 5.11 Å². The van der Waals surface area contributed by atoms with Gasteiger partial charge in [-0.3, -0.25) is 0 Å². The summed E-state index contributed by atoms with van der Waals surface area (Å²) in [6.07, 6.45) is 6.08. The quantitative estimate of drug-likeness (QED) is 0.729. The molecule has 0 bridgehead atoms. The first-order chi connectivity index (χ1) is 12.2. The van der Waals surface area contributed by atoms with E-state index in [-0.39, 0.29) is 12.6 Å². The van der Waals surface area contributed by atoms with E-state index in [1.165, 1.54) is 0 Å². The SMILES string of the molecule is CCCCN(CCO)c1ccc(/C=C/c2cc(OC)nc(N)n2)cc1. The van der Waals surface area contributed by atoms with Crippen LogP contribution in [0.3, 0.4) is 0 Å². The van der Waals surface area contributed by atoms with Crippen molar-refractivity contribution in [2.24, 2.45) is 0 Å². The molecule has 0 radical (unpaired) electrons. The lowest BCUT2D eigenvalue weighted by molar-refractivity contribution is 0.301. The summed E-state index contributed by atoms with van der Waals surface area (Å²) in [4.78, 5) is 10.3. The standard InChI is InChI=1S/C19H26N4O2/c1-3-4-11-23(12-13-24)17-9-6-15(7-10-17)5-8-16-14-18(25-2)22-19(20)21-16/h5-10,14,24H,3-4,11-13H2,1-2H3,(H2,20,21,22)/b8-5+. The number of benzene rings is 1. The third kappa shape index (κ3) is 5.76. The van der Waals surface area contributed by atoms with Crippen LogP contribution >= 0.6 is 0 Å². The second-order valence-electron chi connectivity index (χ2n) is 5.68. The van der Waals surface area contributed by atoms with Crippen molar-refractivity contribution in [2.75, 3.05) is 37.4 Å². The molecule has 0 saturated carbocycles. The molecule has 0 aliphatic heterocycles. The Bertz CT molecular complexity index is 686. The number of hydrogen-bond donors (Lipinski definition) is 2. The molecule has 0 aliphatic carbocycles. The monoisotopic (exact) mass is 342 g/mol. The number of nitrogens with zero attached hydrogens (tertiary/aromatic N) is 3. The number of anilines is 2. The number of aliphatic hydroxyl groups excluding tert-OH is 1. The second-order valence-corrected chi connectivity index (χ2v) is 5.68. The molecule has 6 nitrogen and oxygen atoms in total. The van der Waals surface area contributed by atoms with Crippen LogP contribution in [0.5, 0.6) is 5.88 Å². The Morgan fingerprint density at radius 3 is 2.56 bits per heavy atom. The van der Waals surface area contributed by atoms with Crippen LogP contribution in [0.15, 0.2) is 30.3 Å². The number of rotatable bonds is 9. The molecule has 25 heavy (non-hydrogen) atoms. The predicted octanol–water partition coefficient (Wildman–Crippen LogP) is 2.84. The van der Waals surface area contributed by atoms with E-state index in [1.807, 2.05) is 24.3 Å². The lowest BCUT2D eigenvalue weighted by Crippen LogP contribution is -2.27. The van der Waals surface area contributed by atoms with Crippen molar-refractivity contribution in [3.63, 3.8) is 0 Å². The van der Waals surface area contributed by atoms with Gasteiger partial charge in [-0.1, -0.05) is 31.6 Å². The first-order valence-electron chi connectivity index (χ1n) is 8.48. The Hall–Kier alpha value is -2.60. The van der Waals surface area contributed by atoms with E-state index >= 15 is 0 Å². The number of unbranched alkanes of at least 4 members (excludes halogenated alkanes) is 1. The van der Waals surface area contributed by atoms with Crippen LogP contribution in [0, 0.1) is 0 Å². The zero-order valence-corrected chi connectivity index (χ0v) is 14.9. The molecule has 1 aromatic carbocycles. The van der Waals surface area contributed by atoms with Crippen molar-refractivity contribution in [2.45, 2.75) is 19.8 Å². The molecule has 0 unspecified atom stereocenters. The Balaban J connectivity index is 2.09. The van der Waals surface area contributed by atoms with Crippen LogP contribution in [0.4, 0.5) is 11.6 Å². The summed E-state index contributed by atoms with van der Waals surface area (Å²) in [5.74, 6) is 0.628. The van der Waals surface area contributed by atoms with Gasteiger partial charge in [0.15, 0.2) is 0 Å². The molecular formula is C19H26N4O2. The Morgan fingerprint density at radius 2 is 1.92 bits per heavy atom. The van der Waals surface area contributed by atoms with E-state index in [4.69, 9.17) is 10.5 Å². The first-order valence-corrected chi connectivity index (χ1v) is 8.48. The van der Waals surface area contributed by atoms with Gasteiger partial charge in [-0.25, -0.2) is 4.98 Å². The summed E-state index contributed by atoms with van der Waals surface area (Å²) >= 11 is 0. The Labute approximate surface area is 149 Å². The van der Waals surface area contributed by atoms with E-state index in [2.05, 4.69) is 33.9 Å². The highest BCUT2D eigenvalue weighted by Crippen LogP contribution is 2.18. The molecule has 134 valence electrons. The molecule has 0 atom stereocenters. The number of hydrogen-bond acceptors (Lipinski definition) is 6. The minimum Gasteiger partial charge on any atom is -0.481 e. The van der Waals surface area contributed by atoms with E-state index in [1.54, 1.807) is 13.2 Å². The lowest BCUT2D eigenvalue weighted by Gasteiger charge is -2.23. The number of nitrogens with two attached hydrogens (primary N) is 1. The highest BCUT2D eigenvalue weighted by Gasteiger charge is 2.05. The van der Waals surface area contributed by atoms with Crippen LogP contribution < -0.4 is 15.4 Å². The molecule has 1 heterocycles. The number of aromatic nitrogens is 2. The summed E-state index contributed by atoms with van der Waals surface area (Å²) in [5.41, 5.74) is 8.53. The smallest absolute Gasteiger partial charge is 0.223 e. The fraction of sp³-hybridized carbons (Fsp3) is 0.368. The number of aliphatic hydroxyl groups is 1. The van der Waals surface area contributed by atoms with Crippen LogP contribution in [0.2, 0.25) is 0 Å². The minimum absolute atomic E-state index is 0.155. The maximum absolute atomic E-state index is 9.24. The largest absolute Gasteiger partial charge is 0.481 e. The fourth-order valence-electron chi connectivity index (χ4n) is 2.47. The van der Waals surface area contributed by atoms with Gasteiger partial charge in [-0.05, 0) is 30.2 Å². The van der Waals surface area contributed by atoms with Crippen molar-refractivity contribution in [3.8, 4) is 5.88 Å². The minimum atomic E-state index is 0.155. The maximum atomic E-state index is 9.24. The predicted molar refractivity (Wildman–Crippen MR) is 103 cm³/mol. The third-order valence-corrected chi connectivity index (χ3v) is 3.81. The van der Waals surface area contributed by atoms with Crippen LogP contribution in [0.25, 0.3) is 12.2 Å². The normalized spacial score (nSPS) is 11.0. The molecule has 0 spiro atoms. The van der Waals surface area contributed by atoms with Crippen molar-refractivity contribution < 1.29 is 9.84 Å². The van der Waals surface area contributed by atoms with Crippen molar-refractivity contribution in [1.29, 1.82) is 0 Å². The average molecular weight is 342 g/mol. The van der Waals surface area contributed by atoms with E-state index < -0.39 is 0 Å². The van der Waals surface area contributed by atoms with Crippen molar-refractivity contribution in [3.05, 3.63) is 41.6 Å². The molecule has 0 saturated heterocycles. The van der Waals surface area contributed by atoms with Gasteiger partial charge in [0.2, 0.25) is 11.8 Å². The number of nitrogen functional groups attached to an aromatic ring is 1. The highest BCUT2D eigenvalue weighted by molar-refractivity contribution is 5.69. The van der Waals surface area contributed by atoms with Gasteiger partial charge in [0.05, 0.1) is 19.4 Å². The number of methoxy groups -OCH3 is 1. The summed E-state index contributed by atoms with van der Waals surface area (Å²) in [5, 5.41) is 9.24. The molecule has 0 amide bonds. The van der Waals surface area contributed by atoms with Gasteiger partial charge in [0.25, 0.3) is 0 Å². The van der Waals surface area contributed by atoms with Crippen molar-refractivity contribution >= 4 is 23.8 Å². The van der Waals surface area contributed by atoms with Gasteiger partial charge in [-0.15, -0.1) is 0 Å². The van der Waals surface area contributed by atoms with Gasteiger partial charge in [-0.2, -0.15) is 4.98 Å². The lowest BCUT2D eigenvalue weighted by atomic mass is 10.1. The Morgan fingerprint density at radius 1 is 1.16 bits per heavy atom. The molecule has 3 N–H and O–H groups in total. The van der Waals surface area contributed by atoms with Gasteiger partial charge >= 0.3 is 0 Å². The van der Waals surface area contributed by atoms with Gasteiger partial charge in [0.1, 0.15) is 0 Å².